The average Bonchev–Trinajstić information content (AvgIpc) is 3.45. The van der Waals surface area contributed by atoms with Crippen LogP contribution in [0.5, 0.6) is 0 Å². The molecule has 55 heavy (non-hydrogen) atoms. The molecule has 5 heteroatoms. The highest BCUT2D eigenvalue weighted by Crippen LogP contribution is 2.61. The van der Waals surface area contributed by atoms with E-state index >= 15 is 0 Å². The Bertz CT molecular complexity index is 1100. The summed E-state index contributed by atoms with van der Waals surface area (Å²) in [5.41, 5.74) is 4.56. The summed E-state index contributed by atoms with van der Waals surface area (Å²) >= 11 is 0. The van der Waals surface area contributed by atoms with Gasteiger partial charge in [0.2, 0.25) is 0 Å². The SMILES string of the molecule is CCCCC(CC)CN1C2CCC(C(CCCCCC(C)CCC(C)(F)C(F)F)C(C)N)CC2C2CC(C(C)C3C(C)CC(C)CC3C)C3CCCCC3C21. The summed E-state index contributed by atoms with van der Waals surface area (Å²) < 4.78 is 40.2. The number of nitrogens with two attached hydrogens (primary N) is 1. The highest BCUT2D eigenvalue weighted by Gasteiger charge is 2.59. The predicted molar refractivity (Wildman–Crippen MR) is 229 cm³/mol. The lowest BCUT2D eigenvalue weighted by molar-refractivity contribution is -0.0535. The van der Waals surface area contributed by atoms with E-state index in [1.165, 1.54) is 116 Å². The minimum atomic E-state index is -2.90. The van der Waals surface area contributed by atoms with Gasteiger partial charge in [-0.2, -0.15) is 0 Å². The molecule has 0 radical (unpaired) electrons. The molecular formula is C50H91F3N2. The van der Waals surface area contributed by atoms with Gasteiger partial charge in [-0.1, -0.05) is 106 Å². The van der Waals surface area contributed by atoms with Crippen LogP contribution in [-0.4, -0.2) is 41.7 Å². The van der Waals surface area contributed by atoms with Crippen LogP contribution in [-0.2, 0) is 0 Å². The molecule has 16 unspecified atom stereocenters. The normalized spacial score (nSPS) is 39.4. The standard InChI is InChI=1S/C50H91F3N2/c1-10-12-19-38(11-2)31-55-46-24-23-39(40(37(8)54)20-15-13-14-18-32(3)25-26-50(9,53)49(51)52)29-44(46)45-30-43(41-21-16-17-22-42(41)48(45)55)36(7)47-34(5)27-33(4)28-35(47)6/h32-49H,10-31,54H2,1-9H3. The fraction of sp³-hybridized carbons (Fsp3) is 1.00. The summed E-state index contributed by atoms with van der Waals surface area (Å²) in [5.74, 6) is 11.2. The van der Waals surface area contributed by atoms with Crippen LogP contribution >= 0.6 is 0 Å². The van der Waals surface area contributed by atoms with E-state index in [1.54, 1.807) is 0 Å². The Morgan fingerprint density at radius 2 is 1.42 bits per heavy atom. The lowest BCUT2D eigenvalue weighted by Gasteiger charge is -2.55. The van der Waals surface area contributed by atoms with Crippen molar-refractivity contribution < 1.29 is 13.2 Å². The van der Waals surface area contributed by atoms with E-state index in [-0.39, 0.29) is 12.5 Å². The van der Waals surface area contributed by atoms with Crippen molar-refractivity contribution in [2.45, 2.75) is 227 Å². The molecule has 0 amide bonds. The molecule has 1 heterocycles. The summed E-state index contributed by atoms with van der Waals surface area (Å²) in [6.45, 7) is 22.1. The van der Waals surface area contributed by atoms with Crippen molar-refractivity contribution in [3.8, 4) is 0 Å². The fourth-order valence-corrected chi connectivity index (χ4v) is 15.1. The number of hydrogen-bond acceptors (Lipinski definition) is 2. The first-order valence-electron chi connectivity index (χ1n) is 24.7. The number of halogens is 3. The third-order valence-electron chi connectivity index (χ3n) is 17.9. The second-order valence-electron chi connectivity index (χ2n) is 21.9. The second-order valence-corrected chi connectivity index (χ2v) is 21.9. The fourth-order valence-electron chi connectivity index (χ4n) is 15.1. The van der Waals surface area contributed by atoms with Crippen molar-refractivity contribution >= 4 is 0 Å². The minimum Gasteiger partial charge on any atom is -0.328 e. The highest BCUT2D eigenvalue weighted by molar-refractivity contribution is 5.11. The number of fused-ring (bicyclic) bond motifs is 5. The van der Waals surface area contributed by atoms with Gasteiger partial charge in [0, 0.05) is 24.7 Å². The Labute approximate surface area is 339 Å². The first-order chi connectivity index (χ1) is 26.2. The molecule has 16 atom stereocenters. The van der Waals surface area contributed by atoms with Gasteiger partial charge >= 0.3 is 0 Å². The van der Waals surface area contributed by atoms with Crippen LogP contribution in [0.3, 0.4) is 0 Å². The van der Waals surface area contributed by atoms with Crippen LogP contribution in [0.1, 0.15) is 197 Å². The maximum atomic E-state index is 14.1. The molecule has 5 fully saturated rings. The Morgan fingerprint density at radius 3 is 2.05 bits per heavy atom. The molecule has 0 aromatic carbocycles. The number of hydrogen-bond donors (Lipinski definition) is 1. The highest BCUT2D eigenvalue weighted by atomic mass is 19.3. The van der Waals surface area contributed by atoms with Gasteiger partial charge in [-0.25, -0.2) is 13.2 Å². The number of alkyl halides is 3. The molecule has 5 rings (SSSR count). The molecule has 0 aromatic rings. The molecule has 2 nitrogen and oxygen atoms in total. The Balaban J connectivity index is 1.30. The topological polar surface area (TPSA) is 29.3 Å². The molecule has 322 valence electrons. The van der Waals surface area contributed by atoms with Crippen molar-refractivity contribution in [3.63, 3.8) is 0 Å². The van der Waals surface area contributed by atoms with E-state index in [1.807, 2.05) is 0 Å². The third kappa shape index (κ3) is 11.1. The third-order valence-corrected chi connectivity index (χ3v) is 17.9. The summed E-state index contributed by atoms with van der Waals surface area (Å²) in [6.07, 6.45) is 23.1. The Morgan fingerprint density at radius 1 is 0.745 bits per heavy atom. The molecule has 4 saturated carbocycles. The van der Waals surface area contributed by atoms with Crippen molar-refractivity contribution in [3.05, 3.63) is 0 Å². The number of rotatable bonds is 20. The van der Waals surface area contributed by atoms with Crippen molar-refractivity contribution in [1.82, 2.24) is 4.90 Å². The molecule has 1 saturated heterocycles. The summed E-state index contributed by atoms with van der Waals surface area (Å²) in [5, 5.41) is 0. The molecule has 5 aliphatic rings. The molecular weight excluding hydrogens is 686 g/mol. The molecule has 2 N–H and O–H groups in total. The summed E-state index contributed by atoms with van der Waals surface area (Å²) in [4.78, 5) is 3.24. The zero-order valence-electron chi connectivity index (χ0n) is 37.6. The van der Waals surface area contributed by atoms with E-state index in [0.717, 1.165) is 103 Å². The largest absolute Gasteiger partial charge is 0.328 e. The molecule has 4 aliphatic carbocycles. The first-order valence-corrected chi connectivity index (χ1v) is 24.7. The van der Waals surface area contributed by atoms with Gasteiger partial charge in [0.05, 0.1) is 0 Å². The van der Waals surface area contributed by atoms with Crippen molar-refractivity contribution in [2.75, 3.05) is 6.54 Å². The van der Waals surface area contributed by atoms with Crippen LogP contribution in [0.15, 0.2) is 0 Å². The molecule has 0 bridgehead atoms. The van der Waals surface area contributed by atoms with Crippen LogP contribution in [0.4, 0.5) is 13.2 Å². The van der Waals surface area contributed by atoms with Crippen LogP contribution < -0.4 is 5.73 Å². The average molecular weight is 777 g/mol. The number of likely N-dealkylation sites (tertiary alicyclic amines) is 1. The van der Waals surface area contributed by atoms with Gasteiger partial charge in [-0.15, -0.1) is 0 Å². The maximum Gasteiger partial charge on any atom is 0.271 e. The van der Waals surface area contributed by atoms with E-state index < -0.39 is 12.1 Å². The van der Waals surface area contributed by atoms with Gasteiger partial charge in [0.1, 0.15) is 0 Å². The Kier molecular flexibility index (Phi) is 17.3. The zero-order valence-corrected chi connectivity index (χ0v) is 37.6. The predicted octanol–water partition coefficient (Wildman–Crippen LogP) is 14.4. The van der Waals surface area contributed by atoms with Crippen molar-refractivity contribution in [1.29, 1.82) is 0 Å². The van der Waals surface area contributed by atoms with Crippen LogP contribution in [0.25, 0.3) is 0 Å². The van der Waals surface area contributed by atoms with E-state index in [4.69, 9.17) is 5.73 Å². The maximum absolute atomic E-state index is 14.1. The van der Waals surface area contributed by atoms with Crippen molar-refractivity contribution in [2.24, 2.45) is 88.6 Å². The smallest absolute Gasteiger partial charge is 0.271 e. The minimum absolute atomic E-state index is 0.0429. The van der Waals surface area contributed by atoms with E-state index in [0.29, 0.717) is 18.3 Å². The Hall–Kier alpha value is -0.290. The quantitative estimate of drug-likeness (QED) is 0.125. The van der Waals surface area contributed by atoms with Gasteiger partial charge in [0.25, 0.3) is 6.43 Å². The van der Waals surface area contributed by atoms with Crippen LogP contribution in [0.2, 0.25) is 0 Å². The number of nitrogens with zero attached hydrogens (tertiary/aromatic N) is 1. The molecule has 1 aliphatic heterocycles. The van der Waals surface area contributed by atoms with E-state index in [9.17, 15) is 13.2 Å². The zero-order chi connectivity index (χ0) is 40.0. The molecule has 0 aromatic heterocycles. The lowest BCUT2D eigenvalue weighted by atomic mass is 9.52. The number of unbranched alkanes of at least 4 members (excludes halogenated alkanes) is 3. The monoisotopic (exact) mass is 777 g/mol. The first kappa shape index (κ1) is 45.8. The van der Waals surface area contributed by atoms with E-state index in [2.05, 4.69) is 60.3 Å². The van der Waals surface area contributed by atoms with Gasteiger partial charge in [-0.05, 0) is 174 Å². The van der Waals surface area contributed by atoms with Gasteiger partial charge < -0.3 is 5.73 Å². The molecule has 0 spiro atoms. The van der Waals surface area contributed by atoms with Gasteiger partial charge in [-0.3, -0.25) is 4.90 Å². The van der Waals surface area contributed by atoms with Gasteiger partial charge in [0.15, 0.2) is 5.67 Å². The summed E-state index contributed by atoms with van der Waals surface area (Å²) in [7, 11) is 0. The second kappa shape index (κ2) is 20.8. The summed E-state index contributed by atoms with van der Waals surface area (Å²) in [6, 6.07) is 1.81. The van der Waals surface area contributed by atoms with Crippen LogP contribution in [0, 0.1) is 82.9 Å². The lowest BCUT2D eigenvalue weighted by Crippen LogP contribution is -2.53.